The van der Waals surface area contributed by atoms with Gasteiger partial charge >= 0.3 is 0 Å². The molecule has 1 aliphatic heterocycles. The highest BCUT2D eigenvalue weighted by atomic mass is 32.2. The van der Waals surface area contributed by atoms with Gasteiger partial charge in [-0.2, -0.15) is 9.29 Å². The number of hydrogen-bond donors (Lipinski definition) is 1. The van der Waals surface area contributed by atoms with E-state index in [4.69, 9.17) is 4.52 Å². The number of rotatable bonds is 7. The third kappa shape index (κ3) is 4.94. The van der Waals surface area contributed by atoms with Crippen molar-refractivity contribution in [2.24, 2.45) is 0 Å². The quantitative estimate of drug-likeness (QED) is 0.418. The molecule has 1 aliphatic rings. The van der Waals surface area contributed by atoms with Crippen molar-refractivity contribution in [1.29, 1.82) is 0 Å². The van der Waals surface area contributed by atoms with Crippen LogP contribution in [-0.4, -0.2) is 40.9 Å². The second-order valence-corrected chi connectivity index (χ2v) is 9.45. The average Bonchev–Trinajstić information content (AvgIpc) is 3.10. The summed E-state index contributed by atoms with van der Waals surface area (Å²) < 4.78 is 32.5. The van der Waals surface area contributed by atoms with Crippen molar-refractivity contribution in [1.82, 2.24) is 14.4 Å². The Kier molecular flexibility index (Phi) is 6.47. The van der Waals surface area contributed by atoms with Crippen molar-refractivity contribution in [3.05, 3.63) is 64.5 Å². The monoisotopic (exact) mass is 457 g/mol. The maximum atomic E-state index is 12.9. The smallest absolute Gasteiger partial charge is 0.270 e. The van der Waals surface area contributed by atoms with Crippen LogP contribution in [0.3, 0.4) is 0 Å². The van der Waals surface area contributed by atoms with Gasteiger partial charge in [0.15, 0.2) is 0 Å². The Morgan fingerprint density at radius 2 is 1.78 bits per heavy atom. The summed E-state index contributed by atoms with van der Waals surface area (Å²) in [6, 6.07) is 12.6. The molecule has 0 amide bonds. The maximum absolute atomic E-state index is 12.9. The molecule has 0 atom stereocenters. The number of sulfonamides is 1. The van der Waals surface area contributed by atoms with Crippen LogP contribution in [0.5, 0.6) is 0 Å². The molecule has 1 saturated heterocycles. The minimum absolute atomic E-state index is 0.0535. The summed E-state index contributed by atoms with van der Waals surface area (Å²) in [5.41, 5.74) is 1.13. The summed E-state index contributed by atoms with van der Waals surface area (Å²) in [4.78, 5) is 15.0. The average molecular weight is 458 g/mol. The van der Waals surface area contributed by atoms with E-state index >= 15 is 0 Å². The van der Waals surface area contributed by atoms with Gasteiger partial charge in [0.25, 0.3) is 5.69 Å². The van der Waals surface area contributed by atoms with E-state index < -0.39 is 14.9 Å². The Bertz CT molecular complexity index is 1190. The topological polar surface area (TPSA) is 131 Å². The number of aromatic nitrogens is 2. The summed E-state index contributed by atoms with van der Waals surface area (Å²) in [5, 5.41) is 17.9. The lowest BCUT2D eigenvalue weighted by atomic mass is 10.2. The Balaban J connectivity index is 1.40. The lowest BCUT2D eigenvalue weighted by Gasteiger charge is -2.20. The predicted octanol–water partition coefficient (Wildman–Crippen LogP) is 3.82. The summed E-state index contributed by atoms with van der Waals surface area (Å²) in [5.74, 6) is 0.553. The molecule has 1 aromatic heterocycles. The Morgan fingerprint density at radius 3 is 2.47 bits per heavy atom. The van der Waals surface area contributed by atoms with E-state index in [0.29, 0.717) is 30.2 Å². The van der Waals surface area contributed by atoms with E-state index in [1.165, 1.54) is 12.1 Å². The molecule has 0 aliphatic carbocycles. The van der Waals surface area contributed by atoms with E-state index in [0.717, 1.165) is 25.7 Å². The molecule has 1 fully saturated rings. The molecule has 2 heterocycles. The van der Waals surface area contributed by atoms with Crippen LogP contribution in [0.1, 0.15) is 31.6 Å². The van der Waals surface area contributed by atoms with Crippen molar-refractivity contribution in [3.63, 3.8) is 0 Å². The fourth-order valence-corrected chi connectivity index (χ4v) is 5.07. The summed E-state index contributed by atoms with van der Waals surface area (Å²) in [6.07, 6.45) is 3.91. The van der Waals surface area contributed by atoms with Crippen molar-refractivity contribution >= 4 is 21.4 Å². The zero-order valence-corrected chi connectivity index (χ0v) is 18.1. The number of nitrogens with zero attached hydrogens (tertiary/aromatic N) is 4. The van der Waals surface area contributed by atoms with Crippen LogP contribution < -0.4 is 5.32 Å². The van der Waals surface area contributed by atoms with Crippen LogP contribution in [0.25, 0.3) is 11.4 Å². The number of non-ortho nitro benzene ring substituents is 1. The molecule has 0 unspecified atom stereocenters. The maximum Gasteiger partial charge on any atom is 0.270 e. The molecular weight excluding hydrogens is 434 g/mol. The number of hydrogen-bond acceptors (Lipinski definition) is 8. The van der Waals surface area contributed by atoms with Gasteiger partial charge in [-0.05, 0) is 37.1 Å². The van der Waals surface area contributed by atoms with Crippen LogP contribution in [-0.2, 0) is 16.6 Å². The molecule has 3 aromatic rings. The van der Waals surface area contributed by atoms with Crippen molar-refractivity contribution < 1.29 is 17.9 Å². The fourth-order valence-electron chi connectivity index (χ4n) is 3.56. The van der Waals surface area contributed by atoms with Crippen LogP contribution >= 0.6 is 0 Å². The molecule has 4 rings (SSSR count). The van der Waals surface area contributed by atoms with Gasteiger partial charge in [-0.3, -0.25) is 10.1 Å². The molecule has 168 valence electrons. The molecule has 1 N–H and O–H groups in total. The van der Waals surface area contributed by atoms with E-state index in [-0.39, 0.29) is 23.0 Å². The van der Waals surface area contributed by atoms with Gasteiger partial charge in [0, 0.05) is 36.5 Å². The van der Waals surface area contributed by atoms with Crippen molar-refractivity contribution in [2.75, 3.05) is 18.4 Å². The zero-order valence-electron chi connectivity index (χ0n) is 17.3. The zero-order chi connectivity index (χ0) is 22.6. The van der Waals surface area contributed by atoms with E-state index in [1.54, 1.807) is 40.7 Å². The summed E-state index contributed by atoms with van der Waals surface area (Å²) >= 11 is 0. The largest absolute Gasteiger partial charge is 0.376 e. The predicted molar refractivity (Wildman–Crippen MR) is 117 cm³/mol. The highest BCUT2D eigenvalue weighted by Gasteiger charge is 2.25. The van der Waals surface area contributed by atoms with Gasteiger partial charge < -0.3 is 9.84 Å². The molecular formula is C21H23N5O5S. The normalized spacial score (nSPS) is 15.2. The minimum atomic E-state index is -3.49. The number of nitro benzene ring substituents is 1. The van der Waals surface area contributed by atoms with Gasteiger partial charge in [0.1, 0.15) is 0 Å². The van der Waals surface area contributed by atoms with Gasteiger partial charge in [0.2, 0.25) is 21.7 Å². The standard InChI is InChI=1S/C21H23N5O5S/c27-26(28)18-7-5-6-16(14-18)21-23-20(31-24-21)15-22-17-8-10-19(11-9-17)32(29,30)25-12-3-1-2-4-13-25/h5-11,14,22H,1-4,12-13,15H2. The number of benzene rings is 2. The minimum Gasteiger partial charge on any atom is -0.376 e. The molecule has 0 spiro atoms. The Labute approximate surface area is 185 Å². The van der Waals surface area contributed by atoms with E-state index in [2.05, 4.69) is 15.5 Å². The number of nitro groups is 1. The molecule has 0 bridgehead atoms. The molecule has 2 aromatic carbocycles. The molecule has 10 nitrogen and oxygen atoms in total. The van der Waals surface area contributed by atoms with E-state index in [1.807, 2.05) is 0 Å². The SMILES string of the molecule is O=[N+]([O-])c1cccc(-c2noc(CNc3ccc(S(=O)(=O)N4CCCCCC4)cc3)n2)c1. The van der Waals surface area contributed by atoms with Crippen molar-refractivity contribution in [3.8, 4) is 11.4 Å². The van der Waals surface area contributed by atoms with Crippen LogP contribution in [0, 0.1) is 10.1 Å². The van der Waals surface area contributed by atoms with Crippen molar-refractivity contribution in [2.45, 2.75) is 37.1 Å². The molecule has 32 heavy (non-hydrogen) atoms. The first-order valence-electron chi connectivity index (χ1n) is 10.3. The van der Waals surface area contributed by atoms with Gasteiger partial charge in [-0.25, -0.2) is 8.42 Å². The van der Waals surface area contributed by atoms with Crippen LogP contribution in [0.15, 0.2) is 57.9 Å². The van der Waals surface area contributed by atoms with Crippen LogP contribution in [0.4, 0.5) is 11.4 Å². The molecule has 0 radical (unpaired) electrons. The second kappa shape index (κ2) is 9.45. The number of anilines is 1. The first-order valence-corrected chi connectivity index (χ1v) is 11.8. The first-order chi connectivity index (χ1) is 15.4. The van der Waals surface area contributed by atoms with Crippen LogP contribution in [0.2, 0.25) is 0 Å². The third-order valence-corrected chi connectivity index (χ3v) is 7.20. The van der Waals surface area contributed by atoms with Gasteiger partial charge in [0.05, 0.1) is 16.4 Å². The van der Waals surface area contributed by atoms with Gasteiger partial charge in [-0.15, -0.1) is 0 Å². The second-order valence-electron chi connectivity index (χ2n) is 7.52. The Hall–Kier alpha value is -3.31. The van der Waals surface area contributed by atoms with Gasteiger partial charge in [-0.1, -0.05) is 30.1 Å². The third-order valence-electron chi connectivity index (χ3n) is 5.28. The molecule has 11 heteroatoms. The highest BCUT2D eigenvalue weighted by molar-refractivity contribution is 7.89. The Morgan fingerprint density at radius 1 is 1.06 bits per heavy atom. The number of nitrogens with one attached hydrogen (secondary N) is 1. The highest BCUT2D eigenvalue weighted by Crippen LogP contribution is 2.23. The lowest BCUT2D eigenvalue weighted by Crippen LogP contribution is -2.31. The summed E-state index contributed by atoms with van der Waals surface area (Å²) in [6.45, 7) is 1.35. The first kappa shape index (κ1) is 21.9. The van der Waals surface area contributed by atoms with E-state index in [9.17, 15) is 18.5 Å². The lowest BCUT2D eigenvalue weighted by molar-refractivity contribution is -0.384. The molecule has 0 saturated carbocycles. The fraction of sp³-hybridized carbons (Fsp3) is 0.333. The summed E-state index contributed by atoms with van der Waals surface area (Å²) in [7, 11) is -3.49.